The van der Waals surface area contributed by atoms with Crippen LogP contribution in [0.3, 0.4) is 0 Å². The maximum Gasteiger partial charge on any atom is 0.246 e. The van der Waals surface area contributed by atoms with Gasteiger partial charge < -0.3 is 5.32 Å². The maximum atomic E-state index is 13.0. The number of hydrogen-bond donors (Lipinski definition) is 2. The number of carbonyl (C=O) groups is 2. The Bertz CT molecular complexity index is 1060. The highest BCUT2D eigenvalue weighted by molar-refractivity contribution is 7.13. The first-order chi connectivity index (χ1) is 13.9. The van der Waals surface area contributed by atoms with Crippen LogP contribution in [0, 0.1) is 5.82 Å². The van der Waals surface area contributed by atoms with E-state index >= 15 is 0 Å². The number of halogens is 1. The van der Waals surface area contributed by atoms with Crippen LogP contribution in [0.2, 0.25) is 0 Å². The molecule has 0 radical (unpaired) electrons. The minimum Gasteiger partial charge on any atom is -0.326 e. The summed E-state index contributed by atoms with van der Waals surface area (Å²) in [6.45, 7) is 3.20. The predicted molar refractivity (Wildman–Crippen MR) is 112 cm³/mol. The second-order valence-electron chi connectivity index (χ2n) is 6.32. The fourth-order valence-electron chi connectivity index (χ4n) is 2.55. The molecule has 0 unspecified atom stereocenters. The molecule has 2 N–H and O–H groups in total. The lowest BCUT2D eigenvalue weighted by atomic mass is 10.1. The molecule has 1 heterocycles. The number of hydrazone groups is 1. The van der Waals surface area contributed by atoms with E-state index in [-0.39, 0.29) is 24.1 Å². The Kier molecular flexibility index (Phi) is 6.46. The minimum absolute atomic E-state index is 0.0837. The highest BCUT2D eigenvalue weighted by Crippen LogP contribution is 2.24. The molecule has 148 valence electrons. The lowest BCUT2D eigenvalue weighted by Crippen LogP contribution is -2.21. The number of anilines is 1. The third-order valence-electron chi connectivity index (χ3n) is 3.93. The normalized spacial score (nSPS) is 11.2. The predicted octanol–water partition coefficient (Wildman–Crippen LogP) is 3.99. The number of nitrogens with one attached hydrogen (secondary N) is 2. The first kappa shape index (κ1) is 20.3. The van der Waals surface area contributed by atoms with E-state index in [1.807, 2.05) is 6.07 Å². The molecule has 6 nitrogen and oxygen atoms in total. The van der Waals surface area contributed by atoms with Crippen molar-refractivity contribution in [2.45, 2.75) is 20.3 Å². The summed E-state index contributed by atoms with van der Waals surface area (Å²) >= 11 is 1.39. The van der Waals surface area contributed by atoms with Crippen LogP contribution in [-0.4, -0.2) is 22.5 Å². The molecule has 0 atom stereocenters. The lowest BCUT2D eigenvalue weighted by Gasteiger charge is -2.06. The third kappa shape index (κ3) is 5.79. The van der Waals surface area contributed by atoms with Gasteiger partial charge in [0.1, 0.15) is 10.8 Å². The van der Waals surface area contributed by atoms with Crippen LogP contribution >= 0.6 is 11.3 Å². The molecule has 0 saturated carbocycles. The Hall–Kier alpha value is -3.39. The molecule has 3 aromatic rings. The van der Waals surface area contributed by atoms with Crippen molar-refractivity contribution in [1.29, 1.82) is 0 Å². The van der Waals surface area contributed by atoms with Gasteiger partial charge in [-0.05, 0) is 48.9 Å². The zero-order valence-electron chi connectivity index (χ0n) is 15.9. The molecule has 8 heteroatoms. The monoisotopic (exact) mass is 410 g/mol. The average molecular weight is 410 g/mol. The number of aromatic nitrogens is 1. The van der Waals surface area contributed by atoms with Gasteiger partial charge in [0, 0.05) is 23.6 Å². The van der Waals surface area contributed by atoms with Gasteiger partial charge in [0.15, 0.2) is 0 Å². The van der Waals surface area contributed by atoms with Crippen molar-refractivity contribution in [3.05, 3.63) is 71.0 Å². The van der Waals surface area contributed by atoms with E-state index in [4.69, 9.17) is 0 Å². The second kappa shape index (κ2) is 9.20. The van der Waals surface area contributed by atoms with Crippen LogP contribution < -0.4 is 10.7 Å². The highest BCUT2D eigenvalue weighted by atomic mass is 32.1. The Morgan fingerprint density at radius 1 is 1.14 bits per heavy atom. The van der Waals surface area contributed by atoms with Gasteiger partial charge >= 0.3 is 0 Å². The van der Waals surface area contributed by atoms with Crippen LogP contribution in [0.4, 0.5) is 10.1 Å². The van der Waals surface area contributed by atoms with Crippen molar-refractivity contribution in [3.8, 4) is 10.6 Å². The third-order valence-corrected chi connectivity index (χ3v) is 4.87. The number of carbonyl (C=O) groups excluding carboxylic acids is 2. The van der Waals surface area contributed by atoms with E-state index in [0.717, 1.165) is 16.1 Å². The van der Waals surface area contributed by atoms with Gasteiger partial charge in [-0.1, -0.05) is 12.1 Å². The molecule has 0 aliphatic carbocycles. The second-order valence-corrected chi connectivity index (χ2v) is 7.18. The summed E-state index contributed by atoms with van der Waals surface area (Å²) in [7, 11) is 0. The summed E-state index contributed by atoms with van der Waals surface area (Å²) in [6.07, 6.45) is 0.0837. The Balaban J connectivity index is 1.61. The lowest BCUT2D eigenvalue weighted by molar-refractivity contribution is -0.120. The van der Waals surface area contributed by atoms with E-state index in [2.05, 4.69) is 20.8 Å². The molecular weight excluding hydrogens is 391 g/mol. The Labute approximate surface area is 171 Å². The molecule has 1 aromatic heterocycles. The van der Waals surface area contributed by atoms with E-state index in [0.29, 0.717) is 17.1 Å². The van der Waals surface area contributed by atoms with E-state index in [1.165, 1.54) is 30.4 Å². The topological polar surface area (TPSA) is 83.5 Å². The summed E-state index contributed by atoms with van der Waals surface area (Å²) in [4.78, 5) is 27.8. The molecule has 0 spiro atoms. The van der Waals surface area contributed by atoms with Crippen molar-refractivity contribution in [2.75, 3.05) is 5.32 Å². The Morgan fingerprint density at radius 3 is 2.62 bits per heavy atom. The van der Waals surface area contributed by atoms with Gasteiger partial charge in [-0.3, -0.25) is 9.59 Å². The highest BCUT2D eigenvalue weighted by Gasteiger charge is 2.09. The molecule has 0 fully saturated rings. The number of rotatable bonds is 6. The molecule has 2 aromatic carbocycles. The smallest absolute Gasteiger partial charge is 0.246 e. The van der Waals surface area contributed by atoms with Crippen molar-refractivity contribution >= 4 is 34.6 Å². The average Bonchev–Trinajstić information content (AvgIpc) is 3.14. The van der Waals surface area contributed by atoms with Crippen molar-refractivity contribution in [2.24, 2.45) is 5.10 Å². The number of thiazole rings is 1. The number of hydrogen-bond acceptors (Lipinski definition) is 5. The van der Waals surface area contributed by atoms with Crippen LogP contribution in [0.5, 0.6) is 0 Å². The van der Waals surface area contributed by atoms with Crippen LogP contribution in [0.15, 0.2) is 59.0 Å². The molecule has 29 heavy (non-hydrogen) atoms. The molecule has 0 aliphatic rings. The van der Waals surface area contributed by atoms with Crippen LogP contribution in [0.1, 0.15) is 25.1 Å². The summed E-state index contributed by atoms with van der Waals surface area (Å²) in [5.41, 5.74) is 5.99. The quantitative estimate of drug-likeness (QED) is 0.476. The van der Waals surface area contributed by atoms with Crippen LogP contribution in [0.25, 0.3) is 10.6 Å². The zero-order valence-corrected chi connectivity index (χ0v) is 16.7. The molecule has 3 rings (SSSR count). The Morgan fingerprint density at radius 2 is 1.90 bits per heavy atom. The summed E-state index contributed by atoms with van der Waals surface area (Å²) in [6, 6.07) is 13.3. The number of benzene rings is 2. The molecular formula is C21H19FN4O2S. The van der Waals surface area contributed by atoms with Gasteiger partial charge in [0.05, 0.1) is 17.8 Å². The van der Waals surface area contributed by atoms with E-state index in [1.54, 1.807) is 42.6 Å². The van der Waals surface area contributed by atoms with E-state index < -0.39 is 0 Å². The van der Waals surface area contributed by atoms with Crippen LogP contribution in [-0.2, 0) is 16.0 Å². The fraction of sp³-hybridized carbons (Fsp3) is 0.143. The van der Waals surface area contributed by atoms with Crippen molar-refractivity contribution in [3.63, 3.8) is 0 Å². The van der Waals surface area contributed by atoms with E-state index in [9.17, 15) is 14.0 Å². The summed E-state index contributed by atoms with van der Waals surface area (Å²) in [5, 5.41) is 9.35. The molecule has 0 aliphatic heterocycles. The summed E-state index contributed by atoms with van der Waals surface area (Å²) < 4.78 is 13.0. The number of amides is 2. The molecule has 0 bridgehead atoms. The number of nitrogens with zero attached hydrogens (tertiary/aromatic N) is 2. The van der Waals surface area contributed by atoms with Gasteiger partial charge in [0.25, 0.3) is 0 Å². The van der Waals surface area contributed by atoms with Gasteiger partial charge in [-0.25, -0.2) is 14.8 Å². The first-order valence-corrected chi connectivity index (χ1v) is 9.70. The van der Waals surface area contributed by atoms with Crippen molar-refractivity contribution < 1.29 is 14.0 Å². The standard InChI is InChI=1S/C21H19FN4O2S/c1-13(16-4-3-5-18(10-16)23-14(2)27)25-26-20(28)11-19-12-29-21(24-19)15-6-8-17(22)9-7-15/h3-10,12H,11H2,1-2H3,(H,23,27)(H,26,28)/b25-13-. The largest absolute Gasteiger partial charge is 0.326 e. The van der Waals surface area contributed by atoms with Gasteiger partial charge in [-0.15, -0.1) is 11.3 Å². The fourth-order valence-corrected chi connectivity index (χ4v) is 3.38. The zero-order chi connectivity index (χ0) is 20.8. The maximum absolute atomic E-state index is 13.0. The summed E-state index contributed by atoms with van der Waals surface area (Å²) in [5.74, 6) is -0.757. The van der Waals surface area contributed by atoms with Gasteiger partial charge in [-0.2, -0.15) is 5.10 Å². The SMILES string of the molecule is CC(=O)Nc1cccc(/C(C)=N\NC(=O)Cc2csc(-c3ccc(F)cc3)n2)c1. The first-order valence-electron chi connectivity index (χ1n) is 8.82. The molecule has 0 saturated heterocycles. The molecule has 2 amide bonds. The minimum atomic E-state index is -0.305. The van der Waals surface area contributed by atoms with Gasteiger partial charge in [0.2, 0.25) is 11.8 Å². The van der Waals surface area contributed by atoms with Crippen molar-refractivity contribution in [1.82, 2.24) is 10.4 Å².